The minimum atomic E-state index is -0.741. The normalized spacial score (nSPS) is 17.8. The molecule has 0 aliphatic carbocycles. The monoisotopic (exact) mass is 388 g/mol. The van der Waals surface area contributed by atoms with Crippen LogP contribution in [0.1, 0.15) is 28.3 Å². The number of methoxy groups -OCH3 is 1. The van der Waals surface area contributed by atoms with Gasteiger partial charge in [0, 0.05) is 22.7 Å². The Bertz CT molecular complexity index is 1090. The number of hydrogen-bond acceptors (Lipinski definition) is 6. The van der Waals surface area contributed by atoms with Crippen LogP contribution in [-0.2, 0) is 6.61 Å². The second-order valence-corrected chi connectivity index (χ2v) is 6.79. The lowest BCUT2D eigenvalue weighted by molar-refractivity contribution is 0.296. The van der Waals surface area contributed by atoms with E-state index in [4.69, 9.17) is 19.6 Å². The smallest absolute Gasteiger partial charge is 0.243 e. The van der Waals surface area contributed by atoms with Crippen LogP contribution in [0.5, 0.6) is 17.4 Å². The zero-order chi connectivity index (χ0) is 20.4. The van der Waals surface area contributed by atoms with Gasteiger partial charge in [0.15, 0.2) is 0 Å². The molecule has 0 fully saturated rings. The van der Waals surface area contributed by atoms with Gasteiger partial charge in [0.2, 0.25) is 11.8 Å². The topological polar surface area (TPSA) is 104 Å². The molecule has 0 saturated heterocycles. The molecule has 7 heteroatoms. The van der Waals surface area contributed by atoms with Crippen LogP contribution in [0.3, 0.4) is 0 Å². The van der Waals surface area contributed by atoms with Crippen LogP contribution < -0.4 is 14.2 Å². The fourth-order valence-electron chi connectivity index (χ4n) is 3.62. The molecular weight excluding hydrogens is 368 g/mol. The fourth-order valence-corrected chi connectivity index (χ4v) is 3.62. The molecule has 0 spiro atoms. The Morgan fingerprint density at radius 3 is 2.76 bits per heavy atom. The summed E-state index contributed by atoms with van der Waals surface area (Å²) in [6.45, 7) is 2.20. The second kappa shape index (κ2) is 7.68. The van der Waals surface area contributed by atoms with Gasteiger partial charge in [-0.2, -0.15) is 5.26 Å². The van der Waals surface area contributed by atoms with Gasteiger partial charge in [-0.15, -0.1) is 5.10 Å². The molecule has 0 amide bonds. The lowest BCUT2D eigenvalue weighted by Gasteiger charge is -2.28. The van der Waals surface area contributed by atoms with E-state index in [9.17, 15) is 5.26 Å². The molecule has 146 valence electrons. The number of fused-ring (bicyclic) bond motifs is 1. The van der Waals surface area contributed by atoms with Crippen molar-refractivity contribution < 1.29 is 14.2 Å². The van der Waals surface area contributed by atoms with Gasteiger partial charge in [-0.05, 0) is 36.8 Å². The van der Waals surface area contributed by atoms with Gasteiger partial charge >= 0.3 is 0 Å². The molecule has 0 bridgehead atoms. The molecule has 0 saturated carbocycles. The Balaban J connectivity index is 1.73. The average Bonchev–Trinajstić information content (AvgIpc) is 3.11. The van der Waals surface area contributed by atoms with E-state index in [1.165, 1.54) is 0 Å². The highest BCUT2D eigenvalue weighted by Crippen LogP contribution is 2.43. The third-order valence-electron chi connectivity index (χ3n) is 5.03. The summed E-state index contributed by atoms with van der Waals surface area (Å²) in [6.07, 6.45) is 0. The number of para-hydroxylation sites is 1. The van der Waals surface area contributed by atoms with Crippen molar-refractivity contribution in [3.05, 3.63) is 70.9 Å². The number of aromatic amines is 1. The number of aromatic nitrogens is 2. The molecule has 2 heterocycles. The van der Waals surface area contributed by atoms with Gasteiger partial charge in [-0.1, -0.05) is 24.3 Å². The molecular formula is C22H20N4O3. The molecule has 2 unspecified atom stereocenters. The van der Waals surface area contributed by atoms with Crippen molar-refractivity contribution >= 4 is 5.90 Å². The largest absolute Gasteiger partial charge is 0.496 e. The lowest BCUT2D eigenvalue weighted by atomic mass is 9.79. The summed E-state index contributed by atoms with van der Waals surface area (Å²) >= 11 is 0. The Morgan fingerprint density at radius 1 is 1.24 bits per heavy atom. The molecule has 3 aromatic rings. The van der Waals surface area contributed by atoms with Gasteiger partial charge in [-0.25, -0.2) is 0 Å². The zero-order valence-electron chi connectivity index (χ0n) is 16.1. The van der Waals surface area contributed by atoms with Crippen molar-refractivity contribution in [2.24, 2.45) is 5.92 Å². The summed E-state index contributed by atoms with van der Waals surface area (Å²) in [6, 6.07) is 17.5. The first-order chi connectivity index (χ1) is 14.1. The van der Waals surface area contributed by atoms with E-state index in [0.717, 1.165) is 28.1 Å². The third kappa shape index (κ3) is 3.41. The van der Waals surface area contributed by atoms with Gasteiger partial charge in [-0.3, -0.25) is 10.5 Å². The van der Waals surface area contributed by atoms with Crippen LogP contribution >= 0.6 is 0 Å². The van der Waals surface area contributed by atoms with E-state index in [2.05, 4.69) is 16.3 Å². The van der Waals surface area contributed by atoms with Crippen LogP contribution in [0.4, 0.5) is 0 Å². The molecule has 29 heavy (non-hydrogen) atoms. The highest BCUT2D eigenvalue weighted by Gasteiger charge is 2.40. The van der Waals surface area contributed by atoms with E-state index in [-0.39, 0.29) is 11.8 Å². The first-order valence-corrected chi connectivity index (χ1v) is 9.17. The molecule has 7 nitrogen and oxygen atoms in total. The first kappa shape index (κ1) is 18.6. The maximum absolute atomic E-state index is 9.72. The quantitative estimate of drug-likeness (QED) is 0.689. The molecule has 4 rings (SSSR count). The standard InChI is InChI=1S/C22H20N4O3/c1-13-19-20(17(11-23)21(24)29-22(19)26-25-13)14-8-9-18(27-2)15(10-14)12-28-16-6-4-3-5-7-16/h3-10,17,20,24H,12H2,1-2H3,(H,25,26). The van der Waals surface area contributed by atoms with Crippen molar-refractivity contribution in [3.8, 4) is 23.4 Å². The van der Waals surface area contributed by atoms with Crippen molar-refractivity contribution in [2.75, 3.05) is 7.11 Å². The molecule has 1 aliphatic rings. The van der Waals surface area contributed by atoms with Crippen LogP contribution in [0.2, 0.25) is 0 Å². The molecule has 1 aliphatic heterocycles. The SMILES string of the molecule is COc1ccc(C2c3c(n[nH]c3C)OC(=N)C2C#N)cc1COc1ccccc1. The Morgan fingerprint density at radius 2 is 2.03 bits per heavy atom. The maximum atomic E-state index is 9.72. The average molecular weight is 388 g/mol. The summed E-state index contributed by atoms with van der Waals surface area (Å²) in [5.74, 6) is 0.600. The van der Waals surface area contributed by atoms with Gasteiger partial charge < -0.3 is 14.2 Å². The maximum Gasteiger partial charge on any atom is 0.243 e. The number of nitrogens with one attached hydrogen (secondary N) is 2. The van der Waals surface area contributed by atoms with Crippen LogP contribution in [0, 0.1) is 29.6 Å². The van der Waals surface area contributed by atoms with Crippen LogP contribution in [0.25, 0.3) is 0 Å². The number of hydrogen-bond donors (Lipinski definition) is 2. The summed E-state index contributed by atoms with van der Waals surface area (Å²) in [5, 5.41) is 24.9. The summed E-state index contributed by atoms with van der Waals surface area (Å²) < 4.78 is 16.9. The van der Waals surface area contributed by atoms with E-state index >= 15 is 0 Å². The molecule has 2 aromatic carbocycles. The second-order valence-electron chi connectivity index (χ2n) is 6.79. The van der Waals surface area contributed by atoms with E-state index in [1.54, 1.807) is 7.11 Å². The number of nitriles is 1. The fraction of sp³-hybridized carbons (Fsp3) is 0.227. The zero-order valence-corrected chi connectivity index (χ0v) is 16.1. The van der Waals surface area contributed by atoms with Crippen molar-refractivity contribution in [1.29, 1.82) is 10.7 Å². The highest BCUT2D eigenvalue weighted by atomic mass is 16.5. The van der Waals surface area contributed by atoms with Crippen molar-refractivity contribution in [1.82, 2.24) is 10.2 Å². The number of H-pyrrole nitrogens is 1. The van der Waals surface area contributed by atoms with Crippen LogP contribution in [-0.4, -0.2) is 23.2 Å². The molecule has 2 N–H and O–H groups in total. The Hall–Kier alpha value is -3.79. The predicted octanol–water partition coefficient (Wildman–Crippen LogP) is 3.95. The summed E-state index contributed by atoms with van der Waals surface area (Å²) in [4.78, 5) is 0. The summed E-state index contributed by atoms with van der Waals surface area (Å²) in [7, 11) is 1.61. The van der Waals surface area contributed by atoms with Crippen molar-refractivity contribution in [2.45, 2.75) is 19.4 Å². The minimum absolute atomic E-state index is 0.102. The molecule has 1 aromatic heterocycles. The Labute approximate surface area is 168 Å². The number of rotatable bonds is 5. The number of nitrogens with zero attached hydrogens (tertiary/aromatic N) is 2. The Kier molecular flexibility index (Phi) is 4.92. The van der Waals surface area contributed by atoms with Gasteiger partial charge in [0.05, 0.1) is 13.2 Å². The number of aryl methyl sites for hydroxylation is 1. The van der Waals surface area contributed by atoms with E-state index in [0.29, 0.717) is 18.2 Å². The predicted molar refractivity (Wildman–Crippen MR) is 106 cm³/mol. The number of ether oxygens (including phenoxy) is 3. The third-order valence-corrected chi connectivity index (χ3v) is 5.03. The van der Waals surface area contributed by atoms with E-state index in [1.807, 2.05) is 55.5 Å². The number of benzene rings is 2. The molecule has 0 radical (unpaired) electrons. The molecule has 2 atom stereocenters. The van der Waals surface area contributed by atoms with Crippen LogP contribution in [0.15, 0.2) is 48.5 Å². The lowest BCUT2D eigenvalue weighted by Crippen LogP contribution is -2.31. The first-order valence-electron chi connectivity index (χ1n) is 9.17. The highest BCUT2D eigenvalue weighted by molar-refractivity contribution is 5.84. The minimum Gasteiger partial charge on any atom is -0.496 e. The van der Waals surface area contributed by atoms with Gasteiger partial charge in [0.1, 0.15) is 24.0 Å². The summed E-state index contributed by atoms with van der Waals surface area (Å²) in [5.41, 5.74) is 3.34. The van der Waals surface area contributed by atoms with Gasteiger partial charge in [0.25, 0.3) is 0 Å². The van der Waals surface area contributed by atoms with Crippen molar-refractivity contribution in [3.63, 3.8) is 0 Å². The van der Waals surface area contributed by atoms with E-state index < -0.39 is 5.92 Å².